The van der Waals surface area contributed by atoms with Crippen LogP contribution in [0, 0.1) is 28.6 Å². The third kappa shape index (κ3) is 2.16. The van der Waals surface area contributed by atoms with Gasteiger partial charge >= 0.3 is 0 Å². The summed E-state index contributed by atoms with van der Waals surface area (Å²) >= 11 is 0. The topological polar surface area (TPSA) is 20.2 Å². The number of hydrogen-bond donors (Lipinski definition) is 1. The van der Waals surface area contributed by atoms with Crippen molar-refractivity contribution in [1.29, 1.82) is 0 Å². The van der Waals surface area contributed by atoms with Crippen LogP contribution in [0.3, 0.4) is 0 Å². The zero-order valence-electron chi connectivity index (χ0n) is 16.2. The first-order valence-corrected chi connectivity index (χ1v) is 10.4. The van der Waals surface area contributed by atoms with Gasteiger partial charge in [0.05, 0.1) is 5.60 Å². The molecule has 0 aliphatic heterocycles. The van der Waals surface area contributed by atoms with E-state index < -0.39 is 5.60 Å². The van der Waals surface area contributed by atoms with Gasteiger partial charge in [-0.3, -0.25) is 0 Å². The van der Waals surface area contributed by atoms with E-state index in [0.29, 0.717) is 10.8 Å². The zero-order chi connectivity index (χ0) is 17.2. The quantitative estimate of drug-likeness (QED) is 0.582. The van der Waals surface area contributed by atoms with Crippen LogP contribution in [0.25, 0.3) is 0 Å². The number of hydrogen-bond acceptors (Lipinski definition) is 1. The lowest BCUT2D eigenvalue weighted by Gasteiger charge is -2.58. The molecule has 24 heavy (non-hydrogen) atoms. The maximum atomic E-state index is 10.8. The van der Waals surface area contributed by atoms with Crippen LogP contribution in [0.15, 0.2) is 23.3 Å². The van der Waals surface area contributed by atoms with Gasteiger partial charge in [-0.2, -0.15) is 0 Å². The highest BCUT2D eigenvalue weighted by molar-refractivity contribution is 5.30. The molecule has 0 spiro atoms. The lowest BCUT2D eigenvalue weighted by atomic mass is 9.47. The fourth-order valence-corrected chi connectivity index (χ4v) is 7.34. The molecular weight excluding hydrogens is 292 g/mol. The molecule has 3 saturated carbocycles. The van der Waals surface area contributed by atoms with Crippen LogP contribution in [-0.2, 0) is 0 Å². The van der Waals surface area contributed by atoms with E-state index in [-0.39, 0.29) is 0 Å². The lowest BCUT2D eigenvalue weighted by Crippen LogP contribution is -2.51. The highest BCUT2D eigenvalue weighted by Gasteiger charge is 2.57. The monoisotopic (exact) mass is 328 g/mol. The lowest BCUT2D eigenvalue weighted by molar-refractivity contribution is -0.0585. The van der Waals surface area contributed by atoms with Gasteiger partial charge in [0, 0.05) is 0 Å². The third-order valence-corrected chi connectivity index (χ3v) is 9.11. The van der Waals surface area contributed by atoms with Crippen LogP contribution in [0.2, 0.25) is 0 Å². The first kappa shape index (κ1) is 16.9. The summed E-state index contributed by atoms with van der Waals surface area (Å²) < 4.78 is 0. The van der Waals surface area contributed by atoms with Crippen molar-refractivity contribution < 1.29 is 5.11 Å². The van der Waals surface area contributed by atoms with Crippen molar-refractivity contribution in [2.75, 3.05) is 0 Å². The fourth-order valence-electron chi connectivity index (χ4n) is 7.34. The van der Waals surface area contributed by atoms with Gasteiger partial charge in [0.1, 0.15) is 0 Å². The second kappa shape index (κ2) is 5.47. The van der Waals surface area contributed by atoms with E-state index in [0.717, 1.165) is 37.0 Å². The Balaban J connectivity index is 1.66. The SMILES string of the molecule is C/C=C1/CC[C@H]2[C@@H]3CC=C4C[C@](O)(CC)CC[C@]4(C)[C@H]3CC[C@]12C. The van der Waals surface area contributed by atoms with Crippen LogP contribution in [-0.4, -0.2) is 10.7 Å². The van der Waals surface area contributed by atoms with E-state index >= 15 is 0 Å². The molecule has 0 bridgehead atoms. The Hall–Kier alpha value is -0.560. The van der Waals surface area contributed by atoms with Crippen LogP contribution < -0.4 is 0 Å². The number of rotatable bonds is 1. The molecule has 0 saturated heterocycles. The van der Waals surface area contributed by atoms with Gasteiger partial charge in [0.2, 0.25) is 0 Å². The van der Waals surface area contributed by atoms with Crippen molar-refractivity contribution >= 4 is 0 Å². The second-order valence-corrected chi connectivity index (χ2v) is 9.82. The zero-order valence-corrected chi connectivity index (χ0v) is 16.2. The van der Waals surface area contributed by atoms with Gasteiger partial charge in [0.25, 0.3) is 0 Å². The van der Waals surface area contributed by atoms with E-state index in [1.165, 1.54) is 38.5 Å². The first-order chi connectivity index (χ1) is 11.4. The first-order valence-electron chi connectivity index (χ1n) is 10.4. The molecule has 6 atom stereocenters. The van der Waals surface area contributed by atoms with Gasteiger partial charge in [-0.15, -0.1) is 0 Å². The van der Waals surface area contributed by atoms with E-state index in [9.17, 15) is 5.11 Å². The number of aliphatic hydroxyl groups is 1. The highest BCUT2D eigenvalue weighted by Crippen LogP contribution is 2.66. The van der Waals surface area contributed by atoms with Crippen LogP contribution in [0.4, 0.5) is 0 Å². The minimum absolute atomic E-state index is 0.365. The molecule has 0 radical (unpaired) electrons. The number of allylic oxidation sites excluding steroid dienone is 3. The smallest absolute Gasteiger partial charge is 0.0682 e. The Bertz CT molecular complexity index is 587. The van der Waals surface area contributed by atoms with Crippen LogP contribution in [0.5, 0.6) is 0 Å². The second-order valence-electron chi connectivity index (χ2n) is 9.82. The molecule has 0 aromatic heterocycles. The molecule has 134 valence electrons. The molecule has 1 heteroatoms. The summed E-state index contributed by atoms with van der Waals surface area (Å²) in [6.07, 6.45) is 15.8. The normalized spacial score (nSPS) is 52.5. The molecular formula is C23H36O. The standard InChI is InChI=1S/C23H36O/c1-5-16-8-10-19-18-9-7-17-15-23(24,6-2)14-13-22(17,4)20(18)11-12-21(16,19)3/h5,7,18-20,24H,6,8-15H2,1-4H3/b16-5-/t18-,19-,20-,21+,22-,23-/m0/s1. The van der Waals surface area contributed by atoms with Crippen molar-refractivity contribution in [3.8, 4) is 0 Å². The molecule has 4 aliphatic rings. The van der Waals surface area contributed by atoms with E-state index in [1.807, 2.05) is 0 Å². The summed E-state index contributed by atoms with van der Waals surface area (Å²) in [6.45, 7) is 9.51. The van der Waals surface area contributed by atoms with Crippen molar-refractivity contribution in [3.05, 3.63) is 23.3 Å². The van der Waals surface area contributed by atoms with Gasteiger partial charge in [-0.25, -0.2) is 0 Å². The third-order valence-electron chi connectivity index (χ3n) is 9.11. The predicted molar refractivity (Wildman–Crippen MR) is 101 cm³/mol. The molecule has 0 aromatic carbocycles. The molecule has 0 amide bonds. The van der Waals surface area contributed by atoms with Crippen LogP contribution >= 0.6 is 0 Å². The van der Waals surface area contributed by atoms with Crippen LogP contribution in [0.1, 0.15) is 85.5 Å². The Labute approximate surface area is 148 Å². The summed E-state index contributed by atoms with van der Waals surface area (Å²) in [4.78, 5) is 0. The molecule has 0 aromatic rings. The van der Waals surface area contributed by atoms with E-state index in [1.54, 1.807) is 11.1 Å². The Kier molecular flexibility index (Phi) is 3.85. The van der Waals surface area contributed by atoms with Gasteiger partial charge in [-0.1, -0.05) is 44.1 Å². The number of fused-ring (bicyclic) bond motifs is 5. The maximum Gasteiger partial charge on any atom is 0.0682 e. The van der Waals surface area contributed by atoms with Crippen molar-refractivity contribution in [2.24, 2.45) is 28.6 Å². The minimum Gasteiger partial charge on any atom is -0.390 e. The molecule has 0 unspecified atom stereocenters. The summed E-state index contributed by atoms with van der Waals surface area (Å²) in [5.41, 5.74) is 3.77. The fraction of sp³-hybridized carbons (Fsp3) is 0.826. The summed E-state index contributed by atoms with van der Waals surface area (Å²) in [5, 5.41) is 10.8. The van der Waals surface area contributed by atoms with Gasteiger partial charge < -0.3 is 5.11 Å². The summed E-state index contributed by atoms with van der Waals surface area (Å²) in [5.74, 6) is 2.63. The van der Waals surface area contributed by atoms with Crippen molar-refractivity contribution in [3.63, 3.8) is 0 Å². The largest absolute Gasteiger partial charge is 0.390 e. The van der Waals surface area contributed by atoms with Crippen molar-refractivity contribution in [1.82, 2.24) is 0 Å². The Morgan fingerprint density at radius 3 is 2.58 bits per heavy atom. The molecule has 1 nitrogen and oxygen atoms in total. The van der Waals surface area contributed by atoms with Crippen molar-refractivity contribution in [2.45, 2.75) is 91.1 Å². The van der Waals surface area contributed by atoms with Gasteiger partial charge in [0.15, 0.2) is 0 Å². The molecule has 4 aliphatic carbocycles. The van der Waals surface area contributed by atoms with E-state index in [4.69, 9.17) is 0 Å². The average Bonchev–Trinajstić information content (AvgIpc) is 2.92. The summed E-state index contributed by atoms with van der Waals surface area (Å²) in [6, 6.07) is 0. The molecule has 4 rings (SSSR count). The molecule has 1 N–H and O–H groups in total. The Morgan fingerprint density at radius 2 is 1.88 bits per heavy atom. The van der Waals surface area contributed by atoms with E-state index in [2.05, 4.69) is 39.8 Å². The minimum atomic E-state index is -0.424. The maximum absolute atomic E-state index is 10.8. The average molecular weight is 329 g/mol. The predicted octanol–water partition coefficient (Wildman–Crippen LogP) is 6.04. The molecule has 0 heterocycles. The van der Waals surface area contributed by atoms with Gasteiger partial charge in [-0.05, 0) is 93.3 Å². The molecule has 3 fully saturated rings. The highest BCUT2D eigenvalue weighted by atomic mass is 16.3. The Morgan fingerprint density at radius 1 is 1.12 bits per heavy atom. The summed E-state index contributed by atoms with van der Waals surface area (Å²) in [7, 11) is 0.